The van der Waals surface area contributed by atoms with Crippen molar-refractivity contribution < 1.29 is 14.2 Å². The van der Waals surface area contributed by atoms with Crippen molar-refractivity contribution in [3.8, 4) is 28.4 Å². The fraction of sp³-hybridized carbons (Fsp3) is 0.300. The van der Waals surface area contributed by atoms with Gasteiger partial charge >= 0.3 is 0 Å². The molecule has 0 fully saturated rings. The Balaban J connectivity index is 2.19. The van der Waals surface area contributed by atoms with Crippen LogP contribution in [0.5, 0.6) is 17.2 Å². The number of benzene rings is 1. The van der Waals surface area contributed by atoms with Gasteiger partial charge in [-0.2, -0.15) is 5.10 Å². The molecule has 6 nitrogen and oxygen atoms in total. The molecule has 7 heteroatoms. The van der Waals surface area contributed by atoms with E-state index in [2.05, 4.69) is 10.2 Å². The third-order valence-corrected chi connectivity index (χ3v) is 5.76. The lowest BCUT2D eigenvalue weighted by Gasteiger charge is -2.18. The van der Waals surface area contributed by atoms with Crippen LogP contribution in [0, 0.1) is 0 Å². The average Bonchev–Trinajstić information content (AvgIpc) is 2.98. The van der Waals surface area contributed by atoms with Gasteiger partial charge < -0.3 is 14.2 Å². The maximum atomic E-state index is 12.9. The molecule has 0 aliphatic heterocycles. The van der Waals surface area contributed by atoms with Gasteiger partial charge in [0.25, 0.3) is 0 Å². The first-order valence-electron chi connectivity index (χ1n) is 8.55. The molecule has 1 aliphatic rings. The molecule has 0 saturated carbocycles. The van der Waals surface area contributed by atoms with Crippen molar-refractivity contribution in [2.24, 2.45) is 0 Å². The van der Waals surface area contributed by atoms with Crippen molar-refractivity contribution in [2.45, 2.75) is 17.7 Å². The zero-order valence-corrected chi connectivity index (χ0v) is 16.5. The molecule has 1 N–H and O–H groups in total. The first-order valence-corrected chi connectivity index (χ1v) is 9.77. The number of aromatic nitrogens is 2. The maximum Gasteiger partial charge on any atom is 0.220 e. The Morgan fingerprint density at radius 2 is 1.85 bits per heavy atom. The molecule has 0 spiro atoms. The molecule has 0 bridgehead atoms. The highest BCUT2D eigenvalue weighted by molar-refractivity contribution is 7.98. The van der Waals surface area contributed by atoms with E-state index in [1.54, 1.807) is 21.3 Å². The number of fused-ring (bicyclic) bond motifs is 2. The number of aryl methyl sites for hydroxylation is 2. The van der Waals surface area contributed by atoms with Crippen LogP contribution in [0.2, 0.25) is 0 Å². The predicted octanol–water partition coefficient (Wildman–Crippen LogP) is 3.44. The van der Waals surface area contributed by atoms with E-state index in [1.165, 1.54) is 11.8 Å². The number of rotatable bonds is 4. The standard InChI is InChI=1S/C20H20N2O4S/c1-24-13-9-10-5-7-12-16-11(15(10)20(26-3)19(13)25-2)6-8-14(27-4)18(23)17(16)22-21-12/h6,8-9H,5,7H2,1-4H3,(H,21,22). The van der Waals surface area contributed by atoms with Gasteiger partial charge in [-0.05, 0) is 42.4 Å². The van der Waals surface area contributed by atoms with Gasteiger partial charge in [0.05, 0.1) is 26.2 Å². The second-order valence-electron chi connectivity index (χ2n) is 6.25. The predicted molar refractivity (Wildman–Crippen MR) is 107 cm³/mol. The Bertz CT molecular complexity index is 1110. The summed E-state index contributed by atoms with van der Waals surface area (Å²) in [4.78, 5) is 13.5. The molecule has 0 saturated heterocycles. The molecule has 27 heavy (non-hydrogen) atoms. The second-order valence-corrected chi connectivity index (χ2v) is 7.10. The summed E-state index contributed by atoms with van der Waals surface area (Å²) in [5.41, 5.74) is 4.27. The highest BCUT2D eigenvalue weighted by Gasteiger charge is 2.27. The van der Waals surface area contributed by atoms with E-state index in [4.69, 9.17) is 14.2 Å². The Kier molecular flexibility index (Phi) is 4.47. The van der Waals surface area contributed by atoms with E-state index in [0.717, 1.165) is 40.6 Å². The molecule has 1 aliphatic carbocycles. The average molecular weight is 384 g/mol. The minimum atomic E-state index is -0.0610. The van der Waals surface area contributed by atoms with Crippen molar-refractivity contribution in [3.05, 3.63) is 39.7 Å². The molecule has 0 amide bonds. The molecule has 0 radical (unpaired) electrons. The molecule has 3 aromatic rings. The number of hydrogen-bond donors (Lipinski definition) is 1. The van der Waals surface area contributed by atoms with Gasteiger partial charge in [0.15, 0.2) is 11.5 Å². The number of ether oxygens (including phenoxy) is 3. The highest BCUT2D eigenvalue weighted by atomic mass is 32.2. The normalized spacial score (nSPS) is 12.4. The van der Waals surface area contributed by atoms with Crippen LogP contribution in [0.3, 0.4) is 0 Å². The van der Waals surface area contributed by atoms with E-state index in [1.807, 2.05) is 24.5 Å². The first kappa shape index (κ1) is 17.7. The van der Waals surface area contributed by atoms with Crippen molar-refractivity contribution in [1.29, 1.82) is 0 Å². The summed E-state index contributed by atoms with van der Waals surface area (Å²) in [7, 11) is 4.82. The summed E-state index contributed by atoms with van der Waals surface area (Å²) < 4.78 is 16.9. The van der Waals surface area contributed by atoms with E-state index in [0.29, 0.717) is 27.7 Å². The number of H-pyrrole nitrogens is 1. The lowest BCUT2D eigenvalue weighted by Crippen LogP contribution is -2.01. The Morgan fingerprint density at radius 1 is 1.07 bits per heavy atom. The van der Waals surface area contributed by atoms with Gasteiger partial charge in [-0.15, -0.1) is 11.8 Å². The fourth-order valence-corrected chi connectivity index (χ4v) is 4.26. The molecule has 140 valence electrons. The molecule has 1 heterocycles. The number of hydrogen-bond acceptors (Lipinski definition) is 6. The molecular weight excluding hydrogens is 364 g/mol. The summed E-state index contributed by atoms with van der Waals surface area (Å²) in [6.07, 6.45) is 3.41. The van der Waals surface area contributed by atoms with Gasteiger partial charge in [-0.25, -0.2) is 0 Å². The zero-order valence-electron chi connectivity index (χ0n) is 15.6. The van der Waals surface area contributed by atoms with Crippen molar-refractivity contribution in [1.82, 2.24) is 10.2 Å². The molecule has 1 aromatic heterocycles. The van der Waals surface area contributed by atoms with Crippen LogP contribution in [0.4, 0.5) is 0 Å². The van der Waals surface area contributed by atoms with Crippen molar-refractivity contribution in [3.63, 3.8) is 0 Å². The Hall–Kier alpha value is -2.67. The van der Waals surface area contributed by atoms with Gasteiger partial charge in [-0.1, -0.05) is 6.07 Å². The molecule has 0 atom stereocenters. The monoisotopic (exact) mass is 384 g/mol. The first-order chi connectivity index (χ1) is 13.1. The number of methoxy groups -OCH3 is 3. The summed E-state index contributed by atoms with van der Waals surface area (Å²) in [5.74, 6) is 1.77. The van der Waals surface area contributed by atoms with Gasteiger partial charge in [0.1, 0.15) is 5.52 Å². The molecule has 2 aromatic carbocycles. The van der Waals surface area contributed by atoms with Crippen molar-refractivity contribution >= 4 is 22.7 Å². The van der Waals surface area contributed by atoms with Crippen LogP contribution >= 0.6 is 11.8 Å². The second kappa shape index (κ2) is 6.81. The third kappa shape index (κ3) is 2.56. The number of nitrogens with one attached hydrogen (secondary N) is 1. The summed E-state index contributed by atoms with van der Waals surface area (Å²) in [6, 6.07) is 5.83. The summed E-state index contributed by atoms with van der Waals surface area (Å²) >= 11 is 1.42. The molecule has 0 unspecified atom stereocenters. The zero-order chi connectivity index (χ0) is 19.1. The van der Waals surface area contributed by atoms with Crippen LogP contribution < -0.4 is 19.6 Å². The molecular formula is C20H20N2O4S. The van der Waals surface area contributed by atoms with Crippen LogP contribution in [0.15, 0.2) is 27.9 Å². The van der Waals surface area contributed by atoms with E-state index in [9.17, 15) is 4.79 Å². The van der Waals surface area contributed by atoms with Gasteiger partial charge in [-0.3, -0.25) is 9.89 Å². The number of aromatic amines is 1. The summed E-state index contributed by atoms with van der Waals surface area (Å²) in [6.45, 7) is 0. The van der Waals surface area contributed by atoms with E-state index >= 15 is 0 Å². The SMILES string of the molecule is COc1cc2c(c(OC)c1OC)-c1ccc(SC)c(=O)c3n[nH]c(c13)CC2. The minimum absolute atomic E-state index is 0.0610. The van der Waals surface area contributed by atoms with Gasteiger partial charge in [0, 0.05) is 16.6 Å². The topological polar surface area (TPSA) is 73.4 Å². The number of nitrogens with zero attached hydrogens (tertiary/aromatic N) is 1. The van der Waals surface area contributed by atoms with E-state index in [-0.39, 0.29) is 5.43 Å². The van der Waals surface area contributed by atoms with Crippen LogP contribution in [0.25, 0.3) is 22.0 Å². The lowest BCUT2D eigenvalue weighted by atomic mass is 9.96. The Labute approximate surface area is 160 Å². The highest BCUT2D eigenvalue weighted by Crippen LogP contribution is 2.49. The van der Waals surface area contributed by atoms with E-state index < -0.39 is 0 Å². The maximum absolute atomic E-state index is 12.9. The number of thioether (sulfide) groups is 1. The van der Waals surface area contributed by atoms with Crippen LogP contribution in [0.1, 0.15) is 11.3 Å². The van der Waals surface area contributed by atoms with Crippen LogP contribution in [-0.4, -0.2) is 37.8 Å². The minimum Gasteiger partial charge on any atom is -0.493 e. The fourth-order valence-electron chi connectivity index (χ4n) is 3.78. The smallest absolute Gasteiger partial charge is 0.220 e. The Morgan fingerprint density at radius 3 is 2.52 bits per heavy atom. The quantitative estimate of drug-likeness (QED) is 0.695. The lowest BCUT2D eigenvalue weighted by molar-refractivity contribution is 0.324. The largest absolute Gasteiger partial charge is 0.493 e. The molecule has 4 rings (SSSR count). The van der Waals surface area contributed by atoms with Crippen molar-refractivity contribution in [2.75, 3.05) is 27.6 Å². The third-order valence-electron chi connectivity index (χ3n) is 5.00. The van der Waals surface area contributed by atoms with Gasteiger partial charge in [0.2, 0.25) is 11.2 Å². The van der Waals surface area contributed by atoms with Crippen LogP contribution in [-0.2, 0) is 12.8 Å². The summed E-state index contributed by atoms with van der Waals surface area (Å²) in [5, 5.41) is 8.26.